The van der Waals surface area contributed by atoms with Crippen molar-refractivity contribution >= 4 is 15.9 Å². The van der Waals surface area contributed by atoms with Gasteiger partial charge in [-0.1, -0.05) is 29.8 Å². The van der Waals surface area contributed by atoms with Crippen LogP contribution in [-0.2, 0) is 6.54 Å². The van der Waals surface area contributed by atoms with E-state index in [0.29, 0.717) is 13.2 Å². The lowest BCUT2D eigenvalue weighted by atomic mass is 10.2. The van der Waals surface area contributed by atoms with Crippen molar-refractivity contribution in [3.8, 4) is 11.5 Å². The zero-order chi connectivity index (χ0) is 16.4. The van der Waals surface area contributed by atoms with Crippen LogP contribution in [0.4, 0.5) is 0 Å². The van der Waals surface area contributed by atoms with Gasteiger partial charge >= 0.3 is 0 Å². The van der Waals surface area contributed by atoms with E-state index in [4.69, 9.17) is 9.47 Å². The predicted octanol–water partition coefficient (Wildman–Crippen LogP) is 3.68. The first-order chi connectivity index (χ1) is 10.7. The minimum atomic E-state index is 0.633. The maximum atomic E-state index is 5.68. The van der Waals surface area contributed by atoms with Crippen molar-refractivity contribution in [1.29, 1.82) is 0 Å². The molecule has 0 saturated heterocycles. The van der Waals surface area contributed by atoms with Gasteiger partial charge in [-0.2, -0.15) is 0 Å². The number of rotatable bonds is 11. The van der Waals surface area contributed by atoms with E-state index in [2.05, 4.69) is 46.1 Å². The molecule has 1 aromatic carbocycles. The van der Waals surface area contributed by atoms with Gasteiger partial charge in [0.25, 0.3) is 0 Å². The van der Waals surface area contributed by atoms with Crippen LogP contribution < -0.4 is 14.8 Å². The number of hydrogen-bond acceptors (Lipinski definition) is 4. The molecule has 0 atom stereocenters. The molecule has 1 N–H and O–H groups in total. The Morgan fingerprint density at radius 2 is 1.59 bits per heavy atom. The lowest BCUT2D eigenvalue weighted by molar-refractivity contribution is 0.287. The summed E-state index contributed by atoms with van der Waals surface area (Å²) in [7, 11) is 0. The summed E-state index contributed by atoms with van der Waals surface area (Å²) < 4.78 is 12.4. The van der Waals surface area contributed by atoms with E-state index in [1.54, 1.807) is 0 Å². The second-order valence-electron chi connectivity index (χ2n) is 4.96. The molecule has 0 aliphatic rings. The molecule has 1 rings (SSSR count). The summed E-state index contributed by atoms with van der Waals surface area (Å²) in [6, 6.07) is 4.05. The monoisotopic (exact) mass is 372 g/mol. The Balaban J connectivity index is 2.64. The summed E-state index contributed by atoms with van der Waals surface area (Å²) in [5.74, 6) is 1.61. The SMILES string of the molecule is CCOc1cc(Br)c(CNCCN(CC)CC)cc1OCC. The van der Waals surface area contributed by atoms with Gasteiger partial charge in [0.05, 0.1) is 13.2 Å². The Morgan fingerprint density at radius 1 is 1.00 bits per heavy atom. The molecule has 22 heavy (non-hydrogen) atoms. The van der Waals surface area contributed by atoms with Gasteiger partial charge in [0.2, 0.25) is 0 Å². The molecule has 126 valence electrons. The molecule has 0 amide bonds. The summed E-state index contributed by atoms with van der Waals surface area (Å²) in [5.41, 5.74) is 1.19. The van der Waals surface area contributed by atoms with E-state index in [1.807, 2.05) is 19.9 Å². The van der Waals surface area contributed by atoms with Crippen LogP contribution in [0.1, 0.15) is 33.3 Å². The van der Waals surface area contributed by atoms with Gasteiger partial charge in [-0.3, -0.25) is 0 Å². The van der Waals surface area contributed by atoms with Crippen molar-refractivity contribution in [3.63, 3.8) is 0 Å². The Kier molecular flexibility index (Phi) is 9.52. The lowest BCUT2D eigenvalue weighted by Gasteiger charge is -2.18. The molecule has 0 fully saturated rings. The van der Waals surface area contributed by atoms with Crippen LogP contribution >= 0.6 is 15.9 Å². The molecule has 4 nitrogen and oxygen atoms in total. The highest BCUT2D eigenvalue weighted by Gasteiger charge is 2.10. The van der Waals surface area contributed by atoms with Crippen LogP contribution in [0.5, 0.6) is 11.5 Å². The topological polar surface area (TPSA) is 33.7 Å². The zero-order valence-electron chi connectivity index (χ0n) is 14.2. The first-order valence-corrected chi connectivity index (χ1v) is 8.96. The fourth-order valence-electron chi connectivity index (χ4n) is 2.25. The average Bonchev–Trinajstić information content (AvgIpc) is 2.51. The number of hydrogen-bond donors (Lipinski definition) is 1. The number of halogens is 1. The largest absolute Gasteiger partial charge is 0.490 e. The van der Waals surface area contributed by atoms with Gasteiger partial charge in [-0.05, 0) is 44.6 Å². The molecule has 0 aliphatic heterocycles. The van der Waals surface area contributed by atoms with E-state index in [-0.39, 0.29) is 0 Å². The third-order valence-electron chi connectivity index (χ3n) is 3.53. The van der Waals surface area contributed by atoms with E-state index in [0.717, 1.165) is 48.7 Å². The maximum Gasteiger partial charge on any atom is 0.162 e. The standard InChI is InChI=1S/C17H29BrN2O2/c1-5-20(6-2)10-9-19-13-14-11-16(21-7-3)17(22-8-4)12-15(14)18/h11-12,19H,5-10,13H2,1-4H3. The van der Waals surface area contributed by atoms with Crippen molar-refractivity contribution < 1.29 is 9.47 Å². The van der Waals surface area contributed by atoms with Crippen LogP contribution in [-0.4, -0.2) is 44.3 Å². The third kappa shape index (κ3) is 6.15. The summed E-state index contributed by atoms with van der Waals surface area (Å²) in [6.45, 7) is 14.7. The molecule has 0 aromatic heterocycles. The van der Waals surface area contributed by atoms with Crippen molar-refractivity contribution in [1.82, 2.24) is 10.2 Å². The fourth-order valence-corrected chi connectivity index (χ4v) is 2.71. The van der Waals surface area contributed by atoms with Crippen molar-refractivity contribution in [3.05, 3.63) is 22.2 Å². The molecule has 0 unspecified atom stereocenters. The number of benzene rings is 1. The van der Waals surface area contributed by atoms with Crippen LogP contribution in [0, 0.1) is 0 Å². The van der Waals surface area contributed by atoms with Crippen molar-refractivity contribution in [2.24, 2.45) is 0 Å². The summed E-state index contributed by atoms with van der Waals surface area (Å²) in [5, 5.41) is 3.49. The minimum absolute atomic E-state index is 0.633. The van der Waals surface area contributed by atoms with Gasteiger partial charge in [-0.25, -0.2) is 0 Å². The molecule has 0 spiro atoms. The highest BCUT2D eigenvalue weighted by molar-refractivity contribution is 9.10. The van der Waals surface area contributed by atoms with E-state index < -0.39 is 0 Å². The van der Waals surface area contributed by atoms with Crippen LogP contribution in [0.25, 0.3) is 0 Å². The summed E-state index contributed by atoms with van der Waals surface area (Å²) in [4.78, 5) is 2.41. The Bertz CT molecular complexity index is 437. The predicted molar refractivity (Wildman–Crippen MR) is 96.0 cm³/mol. The lowest BCUT2D eigenvalue weighted by Crippen LogP contribution is -2.31. The minimum Gasteiger partial charge on any atom is -0.490 e. The average molecular weight is 373 g/mol. The summed E-state index contributed by atoms with van der Waals surface area (Å²) in [6.07, 6.45) is 0. The smallest absolute Gasteiger partial charge is 0.162 e. The molecular weight excluding hydrogens is 344 g/mol. The highest BCUT2D eigenvalue weighted by atomic mass is 79.9. The van der Waals surface area contributed by atoms with E-state index in [1.165, 1.54) is 5.56 Å². The van der Waals surface area contributed by atoms with Crippen molar-refractivity contribution in [2.45, 2.75) is 34.2 Å². The molecular formula is C17H29BrN2O2. The van der Waals surface area contributed by atoms with Crippen molar-refractivity contribution in [2.75, 3.05) is 39.4 Å². The Hall–Kier alpha value is -0.780. The Labute approximate surface area is 143 Å². The van der Waals surface area contributed by atoms with Crippen LogP contribution in [0.2, 0.25) is 0 Å². The Morgan fingerprint density at radius 3 is 2.14 bits per heavy atom. The van der Waals surface area contributed by atoms with Gasteiger partial charge in [0.1, 0.15) is 0 Å². The van der Waals surface area contributed by atoms with Gasteiger partial charge in [0.15, 0.2) is 11.5 Å². The molecule has 0 bridgehead atoms. The van der Waals surface area contributed by atoms with Crippen LogP contribution in [0.15, 0.2) is 16.6 Å². The molecule has 0 radical (unpaired) electrons. The van der Waals surface area contributed by atoms with E-state index >= 15 is 0 Å². The molecule has 1 aromatic rings. The summed E-state index contributed by atoms with van der Waals surface area (Å²) >= 11 is 3.62. The second-order valence-corrected chi connectivity index (χ2v) is 5.81. The highest BCUT2D eigenvalue weighted by Crippen LogP contribution is 2.33. The normalized spacial score (nSPS) is 11.0. The number of likely N-dealkylation sites (N-methyl/N-ethyl adjacent to an activating group) is 1. The molecule has 5 heteroatoms. The first kappa shape index (κ1) is 19.3. The number of nitrogens with one attached hydrogen (secondary N) is 1. The molecule has 0 aliphatic carbocycles. The second kappa shape index (κ2) is 10.9. The van der Waals surface area contributed by atoms with Gasteiger partial charge in [-0.15, -0.1) is 0 Å². The fraction of sp³-hybridized carbons (Fsp3) is 0.647. The molecule has 0 heterocycles. The third-order valence-corrected chi connectivity index (χ3v) is 4.27. The zero-order valence-corrected chi connectivity index (χ0v) is 15.8. The first-order valence-electron chi connectivity index (χ1n) is 8.17. The number of ether oxygens (including phenoxy) is 2. The maximum absolute atomic E-state index is 5.68. The quantitative estimate of drug-likeness (QED) is 0.600. The molecule has 0 saturated carbocycles. The number of nitrogens with zero attached hydrogens (tertiary/aromatic N) is 1. The van der Waals surface area contributed by atoms with Gasteiger partial charge in [0, 0.05) is 24.1 Å². The van der Waals surface area contributed by atoms with Crippen LogP contribution in [0.3, 0.4) is 0 Å². The van der Waals surface area contributed by atoms with E-state index in [9.17, 15) is 0 Å². The van der Waals surface area contributed by atoms with Gasteiger partial charge < -0.3 is 19.7 Å².